The van der Waals surface area contributed by atoms with Crippen LogP contribution in [-0.2, 0) is 4.79 Å². The molecule has 36 heavy (non-hydrogen) atoms. The van der Waals surface area contributed by atoms with Gasteiger partial charge < -0.3 is 14.8 Å². The lowest BCUT2D eigenvalue weighted by Crippen LogP contribution is -2.21. The van der Waals surface area contributed by atoms with Crippen molar-refractivity contribution >= 4 is 29.4 Å². The van der Waals surface area contributed by atoms with Crippen LogP contribution in [0.2, 0.25) is 0 Å². The monoisotopic (exact) mass is 490 g/mol. The predicted octanol–water partition coefficient (Wildman–Crippen LogP) is 4.39. The van der Waals surface area contributed by atoms with Crippen molar-refractivity contribution in [3.63, 3.8) is 0 Å². The van der Waals surface area contributed by atoms with Gasteiger partial charge in [0, 0.05) is 23.4 Å². The molecular formula is C26H26N4O6. The fourth-order valence-electron chi connectivity index (χ4n) is 3.16. The summed E-state index contributed by atoms with van der Waals surface area (Å²) < 4.78 is 11.3. The summed E-state index contributed by atoms with van der Waals surface area (Å²) in [4.78, 5) is 34.8. The summed E-state index contributed by atoms with van der Waals surface area (Å²) in [5, 5.41) is 17.5. The molecule has 10 nitrogen and oxygen atoms in total. The lowest BCUT2D eigenvalue weighted by Gasteiger charge is -2.13. The Morgan fingerprint density at radius 2 is 1.75 bits per heavy atom. The zero-order valence-electron chi connectivity index (χ0n) is 20.1. The molecule has 2 N–H and O–H groups in total. The van der Waals surface area contributed by atoms with Gasteiger partial charge in [-0.3, -0.25) is 19.7 Å². The van der Waals surface area contributed by atoms with Crippen LogP contribution in [0.1, 0.15) is 34.0 Å². The number of carbonyl (C=O) groups excluding carboxylic acids is 2. The van der Waals surface area contributed by atoms with Crippen molar-refractivity contribution in [2.75, 3.05) is 18.5 Å². The van der Waals surface area contributed by atoms with Gasteiger partial charge in [-0.2, -0.15) is 5.10 Å². The minimum atomic E-state index is -0.541. The quantitative estimate of drug-likeness (QED) is 0.246. The van der Waals surface area contributed by atoms with E-state index in [1.807, 2.05) is 39.0 Å². The number of anilines is 1. The topological polar surface area (TPSA) is 132 Å². The summed E-state index contributed by atoms with van der Waals surface area (Å²) >= 11 is 0. The number of nitrogens with zero attached hydrogens (tertiary/aromatic N) is 2. The van der Waals surface area contributed by atoms with Gasteiger partial charge in [0.05, 0.1) is 17.7 Å². The second-order valence-electron chi connectivity index (χ2n) is 7.80. The number of amides is 2. The third-order valence-electron chi connectivity index (χ3n) is 5.01. The summed E-state index contributed by atoms with van der Waals surface area (Å²) in [6, 6.07) is 16.0. The van der Waals surface area contributed by atoms with Crippen LogP contribution < -0.4 is 20.2 Å². The number of carbonyl (C=O) groups is 2. The number of nitrogens with one attached hydrogen (secondary N) is 2. The SMILES string of the molecule is CCOc1cc(/C=N/NC(=O)c2ccc([N+](=O)[O-])cc2)ccc1OCC(=O)Nc1cc(C)ccc1C. The normalized spacial score (nSPS) is 10.6. The second-order valence-corrected chi connectivity index (χ2v) is 7.80. The molecule has 2 amide bonds. The molecule has 0 fully saturated rings. The molecule has 0 aliphatic rings. The van der Waals surface area contributed by atoms with Crippen molar-refractivity contribution in [1.82, 2.24) is 5.43 Å². The molecule has 0 saturated carbocycles. The summed E-state index contributed by atoms with van der Waals surface area (Å²) in [6.07, 6.45) is 1.42. The largest absolute Gasteiger partial charge is 0.490 e. The van der Waals surface area contributed by atoms with E-state index in [-0.39, 0.29) is 23.8 Å². The highest BCUT2D eigenvalue weighted by atomic mass is 16.6. The lowest BCUT2D eigenvalue weighted by molar-refractivity contribution is -0.384. The van der Waals surface area contributed by atoms with Gasteiger partial charge in [0.15, 0.2) is 18.1 Å². The Bertz CT molecular complexity index is 1290. The summed E-state index contributed by atoms with van der Waals surface area (Å²) in [5.41, 5.74) is 5.84. The van der Waals surface area contributed by atoms with E-state index in [4.69, 9.17) is 9.47 Å². The van der Waals surface area contributed by atoms with Crippen LogP contribution in [0.4, 0.5) is 11.4 Å². The van der Waals surface area contributed by atoms with E-state index in [2.05, 4.69) is 15.8 Å². The van der Waals surface area contributed by atoms with Gasteiger partial charge in [-0.05, 0) is 73.9 Å². The Kier molecular flexibility index (Phi) is 8.71. The number of hydrogen-bond acceptors (Lipinski definition) is 7. The zero-order chi connectivity index (χ0) is 26.1. The van der Waals surface area contributed by atoms with Crippen LogP contribution in [0.5, 0.6) is 11.5 Å². The van der Waals surface area contributed by atoms with E-state index in [0.29, 0.717) is 23.7 Å². The standard InChI is InChI=1S/C26H26N4O6/c1-4-35-24-14-19(15-27-29-26(32)20-8-10-21(11-9-20)30(33)34)7-12-23(24)36-16-25(31)28-22-13-17(2)5-6-18(22)3/h5-15H,4,16H2,1-3H3,(H,28,31)(H,29,32)/b27-15+. The van der Waals surface area contributed by atoms with Gasteiger partial charge in [-0.15, -0.1) is 0 Å². The molecule has 0 spiro atoms. The molecule has 3 aromatic carbocycles. The average Bonchev–Trinajstić information content (AvgIpc) is 2.86. The maximum atomic E-state index is 12.4. The zero-order valence-corrected chi connectivity index (χ0v) is 20.1. The van der Waals surface area contributed by atoms with Crippen molar-refractivity contribution in [3.05, 3.63) is 93.0 Å². The number of hydrazone groups is 1. The molecule has 0 aromatic heterocycles. The molecule has 0 saturated heterocycles. The molecule has 0 aliphatic heterocycles. The molecule has 3 aromatic rings. The van der Waals surface area contributed by atoms with E-state index < -0.39 is 10.8 Å². The molecule has 3 rings (SSSR count). The molecule has 0 bridgehead atoms. The second kappa shape index (κ2) is 12.1. The molecule has 186 valence electrons. The van der Waals surface area contributed by atoms with E-state index >= 15 is 0 Å². The number of rotatable bonds is 10. The van der Waals surface area contributed by atoms with Crippen molar-refractivity contribution < 1.29 is 24.0 Å². The minimum absolute atomic E-state index is 0.108. The van der Waals surface area contributed by atoms with Crippen molar-refractivity contribution in [1.29, 1.82) is 0 Å². The van der Waals surface area contributed by atoms with Gasteiger partial charge in [0.1, 0.15) is 0 Å². The van der Waals surface area contributed by atoms with E-state index in [9.17, 15) is 19.7 Å². The maximum Gasteiger partial charge on any atom is 0.271 e. The first-order chi connectivity index (χ1) is 17.3. The summed E-state index contributed by atoms with van der Waals surface area (Å²) in [6.45, 7) is 5.86. The van der Waals surface area contributed by atoms with Gasteiger partial charge in [0.2, 0.25) is 0 Å². The van der Waals surface area contributed by atoms with Crippen LogP contribution in [0.25, 0.3) is 0 Å². The van der Waals surface area contributed by atoms with Crippen LogP contribution in [0, 0.1) is 24.0 Å². The van der Waals surface area contributed by atoms with Crippen LogP contribution in [-0.4, -0.2) is 36.2 Å². The van der Waals surface area contributed by atoms with Gasteiger partial charge in [0.25, 0.3) is 17.5 Å². The highest BCUT2D eigenvalue weighted by molar-refractivity contribution is 5.95. The first kappa shape index (κ1) is 25.9. The summed E-state index contributed by atoms with van der Waals surface area (Å²) in [5.74, 6) is -0.00514. The molecule has 0 radical (unpaired) electrons. The molecule has 10 heteroatoms. The number of nitro groups is 1. The first-order valence-corrected chi connectivity index (χ1v) is 11.1. The van der Waals surface area contributed by atoms with Crippen LogP contribution in [0.3, 0.4) is 0 Å². The number of aryl methyl sites for hydroxylation is 2. The molecule has 0 heterocycles. The highest BCUT2D eigenvalue weighted by Gasteiger charge is 2.11. The van der Waals surface area contributed by atoms with Crippen molar-refractivity contribution in [2.24, 2.45) is 5.10 Å². The maximum absolute atomic E-state index is 12.4. The van der Waals surface area contributed by atoms with Crippen LogP contribution >= 0.6 is 0 Å². The molecule has 0 atom stereocenters. The lowest BCUT2D eigenvalue weighted by atomic mass is 10.1. The number of non-ortho nitro benzene ring substituents is 1. The number of benzene rings is 3. The van der Waals surface area contributed by atoms with Crippen LogP contribution in [0.15, 0.2) is 65.8 Å². The Hall–Kier alpha value is -4.73. The average molecular weight is 491 g/mol. The fourth-order valence-corrected chi connectivity index (χ4v) is 3.16. The van der Waals surface area contributed by atoms with Gasteiger partial charge in [-0.25, -0.2) is 5.43 Å². The number of nitro benzene ring substituents is 1. The van der Waals surface area contributed by atoms with Crippen molar-refractivity contribution in [3.8, 4) is 11.5 Å². The smallest absolute Gasteiger partial charge is 0.271 e. The molecule has 0 aliphatic carbocycles. The Balaban J connectivity index is 1.60. The number of ether oxygens (including phenoxy) is 2. The van der Waals surface area contributed by atoms with Gasteiger partial charge >= 0.3 is 0 Å². The van der Waals surface area contributed by atoms with E-state index in [1.165, 1.54) is 30.5 Å². The Morgan fingerprint density at radius 3 is 2.44 bits per heavy atom. The minimum Gasteiger partial charge on any atom is -0.490 e. The number of hydrogen-bond donors (Lipinski definition) is 2. The molecule has 0 unspecified atom stereocenters. The summed E-state index contributed by atoms with van der Waals surface area (Å²) in [7, 11) is 0. The third-order valence-corrected chi connectivity index (χ3v) is 5.01. The Labute approximate surface area is 208 Å². The van der Waals surface area contributed by atoms with E-state index in [1.54, 1.807) is 18.2 Å². The third kappa shape index (κ3) is 7.13. The predicted molar refractivity (Wildman–Crippen MR) is 136 cm³/mol. The Morgan fingerprint density at radius 1 is 1.00 bits per heavy atom. The highest BCUT2D eigenvalue weighted by Crippen LogP contribution is 2.28. The van der Waals surface area contributed by atoms with Gasteiger partial charge in [-0.1, -0.05) is 12.1 Å². The van der Waals surface area contributed by atoms with Crippen molar-refractivity contribution in [2.45, 2.75) is 20.8 Å². The first-order valence-electron chi connectivity index (χ1n) is 11.1. The molecular weight excluding hydrogens is 464 g/mol. The fraction of sp³-hybridized carbons (Fsp3) is 0.192. The van der Waals surface area contributed by atoms with E-state index in [0.717, 1.165) is 16.8 Å².